The van der Waals surface area contributed by atoms with Crippen LogP contribution in [-0.2, 0) is 4.74 Å². The highest BCUT2D eigenvalue weighted by atomic mass is 35.5. The van der Waals surface area contributed by atoms with Gasteiger partial charge in [0.1, 0.15) is 0 Å². The van der Waals surface area contributed by atoms with Crippen LogP contribution in [0.4, 0.5) is 14.9 Å². The smallest absolute Gasteiger partial charge is 0.414 e. The van der Waals surface area contributed by atoms with Crippen LogP contribution in [0.2, 0.25) is 10.0 Å². The zero-order valence-corrected chi connectivity index (χ0v) is 15.9. The minimum Gasteiger partial charge on any atom is -0.415 e. The molecule has 4 nitrogen and oxygen atoms in total. The van der Waals surface area contributed by atoms with Gasteiger partial charge in [-0.15, -0.1) is 0 Å². The van der Waals surface area contributed by atoms with Crippen molar-refractivity contribution in [3.8, 4) is 17.9 Å². The van der Waals surface area contributed by atoms with Crippen LogP contribution >= 0.6 is 23.2 Å². The first-order valence-electron chi connectivity index (χ1n) is 8.06. The van der Waals surface area contributed by atoms with Gasteiger partial charge in [-0.3, -0.25) is 5.32 Å². The van der Waals surface area contributed by atoms with E-state index in [-0.39, 0.29) is 22.2 Å². The Balaban J connectivity index is 2.25. The average molecular weight is 405 g/mol. The van der Waals surface area contributed by atoms with Crippen LogP contribution in [0, 0.1) is 23.2 Å². The summed E-state index contributed by atoms with van der Waals surface area (Å²) in [6.07, 6.45) is -1.98. The Morgan fingerprint density at radius 1 is 1.19 bits per heavy atom. The lowest BCUT2D eigenvalue weighted by Gasteiger charge is -2.12. The summed E-state index contributed by atoms with van der Waals surface area (Å²) in [5.41, 5.74) is 1.82. The van der Waals surface area contributed by atoms with E-state index < -0.39 is 12.5 Å². The number of anilines is 1. The molecule has 0 heterocycles. The van der Waals surface area contributed by atoms with E-state index >= 15 is 0 Å². The third-order valence-electron chi connectivity index (χ3n) is 3.40. The van der Waals surface area contributed by atoms with Crippen molar-refractivity contribution in [2.75, 3.05) is 5.32 Å². The number of carbonyl (C=O) groups excluding carboxylic acids is 1. The molecular weight excluding hydrogens is 390 g/mol. The molecule has 0 spiro atoms. The molecule has 27 heavy (non-hydrogen) atoms. The molecular formula is C20H15Cl2FN2O2. The van der Waals surface area contributed by atoms with Gasteiger partial charge >= 0.3 is 6.09 Å². The van der Waals surface area contributed by atoms with Crippen LogP contribution < -0.4 is 5.32 Å². The molecule has 2 aromatic rings. The van der Waals surface area contributed by atoms with E-state index in [0.29, 0.717) is 23.1 Å². The number of halogens is 3. The van der Waals surface area contributed by atoms with Crippen molar-refractivity contribution in [3.63, 3.8) is 0 Å². The van der Waals surface area contributed by atoms with Gasteiger partial charge in [-0.2, -0.15) is 5.26 Å². The zero-order valence-electron chi connectivity index (χ0n) is 14.4. The van der Waals surface area contributed by atoms with Crippen LogP contribution in [0.1, 0.15) is 36.5 Å². The third-order valence-corrected chi connectivity index (χ3v) is 4.13. The van der Waals surface area contributed by atoms with Crippen molar-refractivity contribution in [2.24, 2.45) is 0 Å². The average Bonchev–Trinajstić information content (AvgIpc) is 2.64. The Kier molecular flexibility index (Phi) is 7.49. The van der Waals surface area contributed by atoms with Crippen LogP contribution in [0.3, 0.4) is 0 Å². The number of hydrogen-bond donors (Lipinski definition) is 1. The van der Waals surface area contributed by atoms with Crippen molar-refractivity contribution in [3.05, 3.63) is 63.1 Å². The summed E-state index contributed by atoms with van der Waals surface area (Å²) in [6.45, 7) is 1.78. The maximum atomic E-state index is 13.5. The molecule has 1 unspecified atom stereocenters. The monoisotopic (exact) mass is 404 g/mol. The van der Waals surface area contributed by atoms with Crippen LogP contribution in [0.15, 0.2) is 36.4 Å². The topological polar surface area (TPSA) is 62.1 Å². The SMILES string of the molecule is CCCC(F)OC(=O)Nc1cc(Cl)c(Cl)cc1C#Cc1ccc(C#N)cc1. The molecule has 0 aliphatic carbocycles. The van der Waals surface area contributed by atoms with E-state index in [0.717, 1.165) is 0 Å². The Bertz CT molecular complexity index is 928. The summed E-state index contributed by atoms with van der Waals surface area (Å²) >= 11 is 12.0. The quantitative estimate of drug-likeness (QED) is 0.644. The van der Waals surface area contributed by atoms with Gasteiger partial charge in [0.25, 0.3) is 0 Å². The highest BCUT2D eigenvalue weighted by Crippen LogP contribution is 2.29. The first kappa shape index (κ1) is 20.6. The number of ether oxygens (including phenoxy) is 1. The molecule has 2 aromatic carbocycles. The number of amides is 1. The minimum absolute atomic E-state index is 0.111. The van der Waals surface area contributed by atoms with Gasteiger partial charge in [-0.25, -0.2) is 9.18 Å². The fourth-order valence-electron chi connectivity index (χ4n) is 2.06. The minimum atomic E-state index is -1.69. The van der Waals surface area contributed by atoms with Crippen LogP contribution in [-0.4, -0.2) is 12.5 Å². The maximum Gasteiger partial charge on any atom is 0.414 e. The molecule has 1 N–H and O–H groups in total. The standard InChI is InChI=1S/C20H15Cl2FN2O2/c1-2-3-19(23)27-20(26)25-18-11-17(22)16(21)10-15(18)9-8-13-4-6-14(12-24)7-5-13/h4-7,10-11,19H,2-3H2,1H3,(H,25,26). The molecule has 1 amide bonds. The largest absolute Gasteiger partial charge is 0.415 e. The first-order chi connectivity index (χ1) is 12.9. The second-order valence-corrected chi connectivity index (χ2v) is 6.29. The molecule has 0 bridgehead atoms. The van der Waals surface area contributed by atoms with Crippen molar-refractivity contribution in [1.29, 1.82) is 5.26 Å². The lowest BCUT2D eigenvalue weighted by Crippen LogP contribution is -2.19. The summed E-state index contributed by atoms with van der Waals surface area (Å²) < 4.78 is 18.1. The van der Waals surface area contributed by atoms with Crippen molar-refractivity contribution >= 4 is 35.0 Å². The van der Waals surface area contributed by atoms with Gasteiger partial charge in [-0.05, 0) is 42.8 Å². The molecule has 2 rings (SSSR count). The molecule has 1 atom stereocenters. The highest BCUT2D eigenvalue weighted by molar-refractivity contribution is 6.42. The van der Waals surface area contributed by atoms with Gasteiger partial charge in [0.15, 0.2) is 0 Å². The number of rotatable bonds is 4. The van der Waals surface area contributed by atoms with Crippen molar-refractivity contribution < 1.29 is 13.9 Å². The van der Waals surface area contributed by atoms with Crippen molar-refractivity contribution in [2.45, 2.75) is 26.1 Å². The Labute approximate surface area is 166 Å². The van der Waals surface area contributed by atoms with Crippen LogP contribution in [0.5, 0.6) is 0 Å². The summed E-state index contributed by atoms with van der Waals surface area (Å²) in [5, 5.41) is 11.7. The Morgan fingerprint density at radius 3 is 2.44 bits per heavy atom. The zero-order chi connectivity index (χ0) is 19.8. The number of hydrogen-bond acceptors (Lipinski definition) is 3. The summed E-state index contributed by atoms with van der Waals surface area (Å²) in [6, 6.07) is 11.6. The van der Waals surface area contributed by atoms with E-state index in [2.05, 4.69) is 21.9 Å². The second-order valence-electron chi connectivity index (χ2n) is 5.48. The van der Waals surface area contributed by atoms with E-state index in [1.54, 1.807) is 31.2 Å². The number of carbonyl (C=O) groups is 1. The normalized spacial score (nSPS) is 10.9. The number of nitrogens with zero attached hydrogens (tertiary/aromatic N) is 1. The molecule has 0 radical (unpaired) electrons. The predicted octanol–water partition coefficient (Wildman–Crippen LogP) is 5.91. The van der Waals surface area contributed by atoms with Gasteiger partial charge in [0, 0.05) is 12.0 Å². The summed E-state index contributed by atoms with van der Waals surface area (Å²) in [4.78, 5) is 11.9. The highest BCUT2D eigenvalue weighted by Gasteiger charge is 2.14. The van der Waals surface area contributed by atoms with Gasteiger partial charge in [-0.1, -0.05) is 42.0 Å². The van der Waals surface area contributed by atoms with Gasteiger partial charge < -0.3 is 4.74 Å². The third kappa shape index (κ3) is 6.18. The lowest BCUT2D eigenvalue weighted by molar-refractivity contribution is 0.0159. The summed E-state index contributed by atoms with van der Waals surface area (Å²) in [7, 11) is 0. The Morgan fingerprint density at radius 2 is 1.81 bits per heavy atom. The first-order valence-corrected chi connectivity index (χ1v) is 8.81. The molecule has 0 aromatic heterocycles. The molecule has 0 saturated carbocycles. The van der Waals surface area contributed by atoms with E-state index in [1.165, 1.54) is 12.1 Å². The fraction of sp³-hybridized carbons (Fsp3) is 0.200. The lowest BCUT2D eigenvalue weighted by atomic mass is 10.1. The van der Waals surface area contributed by atoms with E-state index in [9.17, 15) is 9.18 Å². The molecule has 0 aliphatic rings. The maximum absolute atomic E-state index is 13.5. The van der Waals surface area contributed by atoms with E-state index in [4.69, 9.17) is 28.5 Å². The second kappa shape index (κ2) is 9.83. The number of nitrogens with one attached hydrogen (secondary N) is 1. The summed E-state index contributed by atoms with van der Waals surface area (Å²) in [5.74, 6) is 5.79. The van der Waals surface area contributed by atoms with Gasteiger partial charge in [0.05, 0.1) is 32.9 Å². The fourth-order valence-corrected chi connectivity index (χ4v) is 2.39. The van der Waals surface area contributed by atoms with Crippen LogP contribution in [0.25, 0.3) is 0 Å². The number of nitriles is 1. The number of benzene rings is 2. The molecule has 0 fully saturated rings. The molecule has 7 heteroatoms. The molecule has 0 saturated heterocycles. The Hall–Kier alpha value is -2.73. The van der Waals surface area contributed by atoms with Crippen molar-refractivity contribution in [1.82, 2.24) is 0 Å². The van der Waals surface area contributed by atoms with E-state index in [1.807, 2.05) is 6.07 Å². The van der Waals surface area contributed by atoms with Gasteiger partial charge in [0.2, 0.25) is 6.36 Å². The molecule has 0 aliphatic heterocycles. The predicted molar refractivity (Wildman–Crippen MR) is 104 cm³/mol. The molecule has 138 valence electrons. The number of alkyl halides is 1.